The van der Waals surface area contributed by atoms with Crippen LogP contribution < -0.4 is 36.3 Å². The number of hydrogen-bond acceptors (Lipinski definition) is 9. The minimum absolute atomic E-state index is 0.789. The summed E-state index contributed by atoms with van der Waals surface area (Å²) in [5.74, 6) is 0. The Morgan fingerprint density at radius 2 is 0.447 bits per heavy atom. The van der Waals surface area contributed by atoms with Crippen molar-refractivity contribution in [1.82, 2.24) is 0 Å². The van der Waals surface area contributed by atoms with Gasteiger partial charge in [0.15, 0.2) is 33.3 Å². The SMILES string of the molecule is C=C[Si](C)(C)O[Si](O[Si](C)(C)CC[Si](C)(C)O[Si](O[Si](C)(C)CC[Si](C)(C)O[Si](O[Si](C)(C)C=C)(c1ccccc1)c1ccccc1)(O[Si](C)(C)C(=C)[Si](C)(C)O[Si](O[Si](C)(C)C=C)(c1ccccc1)c1ccccc1)c1ccccc1)(c1ccccc1)c1ccccc1. The van der Waals surface area contributed by atoms with E-state index in [0.717, 1.165) is 65.3 Å². The standard InChI is InChI=1S/C72H108O9Si13/c1-23-82(5,6)73-91(66-47-33-26-34-48-66,67-49-35-27-36-50-67)76-85(11,12)61-63-87(15,16)78-94(72-59-45-32-46-60-72,79-88(17,18)64-62-86(13,14)77-92(74-83(7,8)24-2,68-51-37-28-38-52-68)69-53-39-29-40-54-69)81-90(21,22)65(4)89(19,20)80-93(75-84(9,10)25-3,70-55-41-30-42-56-70)71-57-43-31-44-58-71/h23-60H,1-4,61-64H2,5-22H3. The van der Waals surface area contributed by atoms with E-state index in [1.807, 2.05) is 17.1 Å². The molecule has 0 aromatic heterocycles. The van der Waals surface area contributed by atoms with Crippen LogP contribution in [-0.4, -0.2) is 109 Å². The van der Waals surface area contributed by atoms with Crippen molar-refractivity contribution in [3.63, 3.8) is 0 Å². The maximum absolute atomic E-state index is 8.32. The van der Waals surface area contributed by atoms with E-state index in [4.69, 9.17) is 43.6 Å². The zero-order chi connectivity index (χ0) is 69.2. The lowest BCUT2D eigenvalue weighted by Crippen LogP contribution is -2.72. The second-order valence-corrected chi connectivity index (χ2v) is 80.7. The van der Waals surface area contributed by atoms with Gasteiger partial charge in [0.2, 0.25) is 41.6 Å². The molecule has 0 radical (unpaired) electrons. The van der Waals surface area contributed by atoms with E-state index in [-0.39, 0.29) is 0 Å². The molecule has 0 bridgehead atoms. The van der Waals surface area contributed by atoms with Gasteiger partial charge in [-0.05, 0) is 178 Å². The van der Waals surface area contributed by atoms with Crippen LogP contribution in [0.2, 0.25) is 142 Å². The first-order valence-corrected chi connectivity index (χ1v) is 67.6. The van der Waals surface area contributed by atoms with Crippen molar-refractivity contribution in [3.05, 3.63) is 261 Å². The zero-order valence-electron chi connectivity index (χ0n) is 59.8. The molecular formula is C72H108O9Si13. The Bertz CT molecular complexity index is 3330. The average molecular weight is 1480 g/mol. The summed E-state index contributed by atoms with van der Waals surface area (Å²) in [4.78, 5) is 0.997. The van der Waals surface area contributed by atoms with Crippen LogP contribution in [0.5, 0.6) is 0 Å². The van der Waals surface area contributed by atoms with Crippen molar-refractivity contribution < 1.29 is 37.0 Å². The molecule has 0 unspecified atom stereocenters. The third-order valence-electron chi connectivity index (χ3n) is 17.3. The highest BCUT2D eigenvalue weighted by molar-refractivity contribution is 7.10. The Kier molecular flexibility index (Phi) is 25.5. The summed E-state index contributed by atoms with van der Waals surface area (Å²) >= 11 is 0. The summed E-state index contributed by atoms with van der Waals surface area (Å²) in [6.45, 7) is 59.3. The van der Waals surface area contributed by atoms with Crippen LogP contribution in [-0.2, 0) is 37.0 Å². The second kappa shape index (κ2) is 31.0. The number of rotatable bonds is 36. The molecule has 0 amide bonds. The van der Waals surface area contributed by atoms with Crippen molar-refractivity contribution in [2.45, 2.75) is 142 Å². The molecule has 7 rings (SSSR count). The summed E-state index contributed by atoms with van der Waals surface area (Å²) < 4.78 is 71.5. The largest absolute Gasteiger partial charge is 0.506 e. The minimum atomic E-state index is -4.05. The Morgan fingerprint density at radius 3 is 0.670 bits per heavy atom. The van der Waals surface area contributed by atoms with Gasteiger partial charge in [-0.15, -0.1) is 26.3 Å². The van der Waals surface area contributed by atoms with E-state index >= 15 is 0 Å². The van der Waals surface area contributed by atoms with Gasteiger partial charge >= 0.3 is 34.5 Å². The quantitative estimate of drug-likeness (QED) is 0.0357. The van der Waals surface area contributed by atoms with E-state index in [2.05, 4.69) is 350 Å². The molecule has 0 atom stereocenters. The third kappa shape index (κ3) is 19.9. The Hall–Kier alpha value is -4.04. The first-order valence-electron chi connectivity index (χ1n) is 33.2. The van der Waals surface area contributed by atoms with Crippen LogP contribution in [0.25, 0.3) is 0 Å². The molecule has 22 heteroatoms. The fourth-order valence-corrected chi connectivity index (χ4v) is 74.0. The van der Waals surface area contributed by atoms with Crippen molar-refractivity contribution >= 4 is 146 Å². The lowest BCUT2D eigenvalue weighted by atomic mass is 10.4. The van der Waals surface area contributed by atoms with Crippen molar-refractivity contribution in [2.75, 3.05) is 0 Å². The van der Waals surface area contributed by atoms with Crippen LogP contribution in [0, 0.1) is 0 Å². The fourth-order valence-electron chi connectivity index (χ4n) is 11.8. The van der Waals surface area contributed by atoms with Crippen LogP contribution in [0.4, 0.5) is 0 Å². The molecule has 0 saturated carbocycles. The van der Waals surface area contributed by atoms with Gasteiger partial charge in [0.05, 0.1) is 0 Å². The van der Waals surface area contributed by atoms with Crippen LogP contribution >= 0.6 is 0 Å². The molecule has 0 fully saturated rings. The van der Waals surface area contributed by atoms with Gasteiger partial charge in [-0.25, -0.2) is 0 Å². The monoisotopic (exact) mass is 1480 g/mol. The fraction of sp³-hybridized carbons (Fsp3) is 0.306. The minimum Gasteiger partial charge on any atom is -0.430 e. The molecule has 0 N–H and O–H groups in total. The number of hydrogen-bond donors (Lipinski definition) is 0. The first-order chi connectivity index (χ1) is 43.9. The maximum atomic E-state index is 8.32. The predicted molar refractivity (Wildman–Crippen MR) is 432 cm³/mol. The Labute approximate surface area is 580 Å². The van der Waals surface area contributed by atoms with Crippen molar-refractivity contribution in [3.8, 4) is 0 Å². The van der Waals surface area contributed by atoms with Gasteiger partial charge in [0.1, 0.15) is 0 Å². The van der Waals surface area contributed by atoms with E-state index in [1.54, 1.807) is 0 Å². The summed E-state index contributed by atoms with van der Waals surface area (Å²) in [5.41, 5.74) is 6.07. The summed E-state index contributed by atoms with van der Waals surface area (Å²) in [6.07, 6.45) is 0. The molecule has 7 aromatic carbocycles. The van der Waals surface area contributed by atoms with Gasteiger partial charge in [0, 0.05) is 5.19 Å². The normalized spacial score (nSPS) is 13.7. The van der Waals surface area contributed by atoms with Gasteiger partial charge in [0.25, 0.3) is 0 Å². The molecule has 0 saturated heterocycles. The van der Waals surface area contributed by atoms with E-state index < -0.39 is 109 Å². The first kappa shape index (κ1) is 77.3. The maximum Gasteiger partial charge on any atom is 0.506 e. The van der Waals surface area contributed by atoms with Gasteiger partial charge in [-0.1, -0.05) is 229 Å². The average Bonchev–Trinajstić information content (AvgIpc) is 0.763. The molecule has 0 aliphatic carbocycles. The summed E-state index contributed by atoms with van der Waals surface area (Å²) in [5, 5.41) is 7.39. The van der Waals surface area contributed by atoms with E-state index in [1.165, 1.54) is 0 Å². The second-order valence-electron chi connectivity index (χ2n) is 29.8. The van der Waals surface area contributed by atoms with Gasteiger partial charge in [-0.3, -0.25) is 0 Å². The predicted octanol–water partition coefficient (Wildman–Crippen LogP) is 15.4. The molecule has 9 nitrogen and oxygen atoms in total. The van der Waals surface area contributed by atoms with Crippen LogP contribution in [0.3, 0.4) is 0 Å². The molecule has 0 aliphatic rings. The van der Waals surface area contributed by atoms with Crippen LogP contribution in [0.15, 0.2) is 261 Å². The highest BCUT2D eigenvalue weighted by Crippen LogP contribution is 2.38. The smallest absolute Gasteiger partial charge is 0.430 e. The van der Waals surface area contributed by atoms with Crippen molar-refractivity contribution in [2.24, 2.45) is 0 Å². The van der Waals surface area contributed by atoms with Crippen molar-refractivity contribution in [1.29, 1.82) is 0 Å². The molecular weight excluding hydrogens is 1370 g/mol. The van der Waals surface area contributed by atoms with Gasteiger partial charge in [-0.2, -0.15) is 0 Å². The lowest BCUT2D eigenvalue weighted by Gasteiger charge is -2.48. The lowest BCUT2D eigenvalue weighted by molar-refractivity contribution is 0.270. The summed E-state index contributed by atoms with van der Waals surface area (Å²) in [6, 6.07) is 77.6. The topological polar surface area (TPSA) is 83.1 Å². The highest BCUT2D eigenvalue weighted by Gasteiger charge is 2.60. The number of benzene rings is 7. The van der Waals surface area contributed by atoms with Gasteiger partial charge < -0.3 is 37.0 Å². The Morgan fingerprint density at radius 1 is 0.255 bits per heavy atom. The van der Waals surface area contributed by atoms with E-state index in [0.29, 0.717) is 0 Å². The Balaban J connectivity index is 1.34. The third-order valence-corrected chi connectivity index (χ3v) is 70.6. The highest BCUT2D eigenvalue weighted by atomic mass is 28.5. The molecule has 502 valence electrons. The van der Waals surface area contributed by atoms with Crippen LogP contribution in [0.1, 0.15) is 0 Å². The molecule has 0 aliphatic heterocycles. The molecule has 0 heterocycles. The summed E-state index contributed by atoms with van der Waals surface area (Å²) in [7, 11) is -39.1. The molecule has 7 aromatic rings. The van der Waals surface area contributed by atoms with E-state index in [9.17, 15) is 0 Å². The molecule has 94 heavy (non-hydrogen) atoms. The zero-order valence-corrected chi connectivity index (χ0v) is 72.8. The molecule has 0 spiro atoms.